The summed E-state index contributed by atoms with van der Waals surface area (Å²) in [5, 5.41) is 3.25. The topological polar surface area (TPSA) is 58.6 Å². The summed E-state index contributed by atoms with van der Waals surface area (Å²) in [4.78, 5) is 27.7. The molecule has 1 aromatic carbocycles. The minimum Gasteiger partial charge on any atom is -0.369 e. The van der Waals surface area contributed by atoms with E-state index in [2.05, 4.69) is 42.3 Å². The number of allylic oxidation sites excluding steroid dienone is 2. The second-order valence-corrected chi connectivity index (χ2v) is 16.6. The molecule has 0 aromatic heterocycles. The average Bonchev–Trinajstić information content (AvgIpc) is 3.48. The Labute approximate surface area is 257 Å². The van der Waals surface area contributed by atoms with Crippen LogP contribution in [0.5, 0.6) is 0 Å². The number of ether oxygens (including phenoxy) is 1. The highest BCUT2D eigenvalue weighted by Gasteiger charge is 2.91. The van der Waals surface area contributed by atoms with Gasteiger partial charge in [0.2, 0.25) is 5.91 Å². The van der Waals surface area contributed by atoms with Gasteiger partial charge in [0.25, 0.3) is 0 Å². The van der Waals surface area contributed by atoms with Gasteiger partial charge in [-0.15, -0.1) is 0 Å². The van der Waals surface area contributed by atoms with Gasteiger partial charge in [0.1, 0.15) is 0 Å². The highest BCUT2D eigenvalue weighted by atomic mass is 16.5. The van der Waals surface area contributed by atoms with Crippen LogP contribution < -0.4 is 5.32 Å². The minimum atomic E-state index is 0.107. The summed E-state index contributed by atoms with van der Waals surface area (Å²) in [6, 6.07) is 10.9. The predicted octanol–water partition coefficient (Wildman–Crippen LogP) is 6.12. The molecule has 3 unspecified atom stereocenters. The van der Waals surface area contributed by atoms with Crippen LogP contribution >= 0.6 is 0 Å². The number of nitrogens with zero attached hydrogens (tertiary/aromatic N) is 1. The lowest BCUT2D eigenvalue weighted by Crippen LogP contribution is -2.64. The fraction of sp³-hybridized carbons (Fsp3) is 0.737. The highest BCUT2D eigenvalue weighted by molar-refractivity contribution is 5.91. The van der Waals surface area contributed by atoms with Gasteiger partial charge in [-0.05, 0) is 110 Å². The van der Waals surface area contributed by atoms with Crippen molar-refractivity contribution in [2.24, 2.45) is 45.8 Å². The van der Waals surface area contributed by atoms with E-state index in [1.807, 2.05) is 18.2 Å². The summed E-state index contributed by atoms with van der Waals surface area (Å²) in [6.45, 7) is 7.74. The number of aryl methyl sites for hydroxylation is 1. The Kier molecular flexibility index (Phi) is 5.90. The molecular weight excluding hydrogens is 532 g/mol. The van der Waals surface area contributed by atoms with E-state index in [4.69, 9.17) is 4.74 Å². The maximum Gasteiger partial charge on any atom is 0.220 e. The SMILES string of the molecule is C[C@H]1C[C@H]2O[C@@]34CC[C@H]5C6CCC7=CC(=O)CC[C@]7(C)[C@H]6CC56CC63C[C@@H]4[C@@H]2N(CCNC(=O)CCc2ccccc2)C1. The van der Waals surface area contributed by atoms with E-state index in [-0.39, 0.29) is 16.9 Å². The zero-order valence-electron chi connectivity index (χ0n) is 26.3. The zero-order valence-corrected chi connectivity index (χ0v) is 26.3. The fourth-order valence-corrected chi connectivity index (χ4v) is 13.4. The maximum absolute atomic E-state index is 12.7. The lowest BCUT2D eigenvalue weighted by atomic mass is 9.47. The van der Waals surface area contributed by atoms with Gasteiger partial charge in [-0.2, -0.15) is 0 Å². The molecule has 7 fully saturated rings. The van der Waals surface area contributed by atoms with E-state index in [0.29, 0.717) is 47.0 Å². The van der Waals surface area contributed by atoms with Crippen LogP contribution in [0.15, 0.2) is 42.0 Å². The number of fused-ring (bicyclic) bond motifs is 6. The first-order valence-electron chi connectivity index (χ1n) is 17.8. The van der Waals surface area contributed by atoms with Crippen molar-refractivity contribution in [1.82, 2.24) is 10.2 Å². The summed E-state index contributed by atoms with van der Waals surface area (Å²) in [6.07, 6.45) is 16.1. The molecule has 3 spiro atoms. The molecule has 1 N–H and O–H groups in total. The number of rotatable bonds is 6. The third kappa shape index (κ3) is 3.59. The van der Waals surface area contributed by atoms with Crippen LogP contribution in [0, 0.1) is 45.8 Å². The highest BCUT2D eigenvalue weighted by Crippen LogP contribution is 2.93. The first-order valence-corrected chi connectivity index (χ1v) is 17.8. The number of ketones is 1. The van der Waals surface area contributed by atoms with Crippen LogP contribution in [0.1, 0.15) is 90.0 Å². The second kappa shape index (κ2) is 9.28. The van der Waals surface area contributed by atoms with E-state index >= 15 is 0 Å². The van der Waals surface area contributed by atoms with Gasteiger partial charge < -0.3 is 10.1 Å². The Hall–Kier alpha value is -1.98. The van der Waals surface area contributed by atoms with Crippen LogP contribution in [-0.2, 0) is 20.7 Å². The lowest BCUT2D eigenvalue weighted by Gasteiger charge is -2.60. The zero-order chi connectivity index (χ0) is 29.2. The molecule has 43 heavy (non-hydrogen) atoms. The van der Waals surface area contributed by atoms with Gasteiger partial charge in [-0.1, -0.05) is 49.8 Å². The molecular formula is C38H50N2O3. The molecule has 230 valence electrons. The third-order valence-electron chi connectivity index (χ3n) is 15.1. The molecule has 2 saturated heterocycles. The van der Waals surface area contributed by atoms with Crippen molar-refractivity contribution in [3.8, 4) is 0 Å². The number of hydrogen-bond acceptors (Lipinski definition) is 4. The monoisotopic (exact) mass is 582 g/mol. The van der Waals surface area contributed by atoms with Crippen LogP contribution in [0.25, 0.3) is 0 Å². The number of benzene rings is 1. The second-order valence-electron chi connectivity index (χ2n) is 16.6. The number of amides is 1. The first-order chi connectivity index (χ1) is 20.8. The van der Waals surface area contributed by atoms with Crippen molar-refractivity contribution in [3.63, 3.8) is 0 Å². The minimum absolute atomic E-state index is 0.107. The summed E-state index contributed by atoms with van der Waals surface area (Å²) < 4.78 is 7.43. The number of carbonyl (C=O) groups excluding carboxylic acids is 2. The molecule has 5 nitrogen and oxygen atoms in total. The Morgan fingerprint density at radius 1 is 1.07 bits per heavy atom. The quantitative estimate of drug-likeness (QED) is 0.440. The van der Waals surface area contributed by atoms with Crippen LogP contribution in [0.3, 0.4) is 0 Å². The van der Waals surface area contributed by atoms with E-state index in [1.165, 1.54) is 56.1 Å². The Bertz CT molecular complexity index is 1370. The molecule has 1 aromatic rings. The van der Waals surface area contributed by atoms with E-state index in [1.54, 1.807) is 0 Å². The van der Waals surface area contributed by atoms with Gasteiger partial charge in [0.05, 0.1) is 11.7 Å². The summed E-state index contributed by atoms with van der Waals surface area (Å²) >= 11 is 0. The summed E-state index contributed by atoms with van der Waals surface area (Å²) in [5.74, 6) is 4.35. The first kappa shape index (κ1) is 27.3. The molecule has 5 heteroatoms. The molecule has 0 radical (unpaired) electrons. The largest absolute Gasteiger partial charge is 0.369 e. The average molecular weight is 583 g/mol. The number of carbonyl (C=O) groups is 2. The smallest absolute Gasteiger partial charge is 0.220 e. The van der Waals surface area contributed by atoms with Gasteiger partial charge in [0, 0.05) is 49.9 Å². The normalized spacial score (nSPS) is 48.7. The number of likely N-dealkylation sites (tertiary alicyclic amines) is 1. The number of hydrogen-bond donors (Lipinski definition) is 1. The van der Waals surface area contributed by atoms with Crippen molar-refractivity contribution in [2.45, 2.75) is 109 Å². The van der Waals surface area contributed by atoms with Crippen LogP contribution in [0.4, 0.5) is 0 Å². The van der Waals surface area contributed by atoms with Crippen molar-refractivity contribution >= 4 is 11.7 Å². The Balaban J connectivity index is 0.896. The van der Waals surface area contributed by atoms with Crippen molar-refractivity contribution in [3.05, 3.63) is 47.5 Å². The van der Waals surface area contributed by atoms with Gasteiger partial charge >= 0.3 is 0 Å². The number of nitrogens with one attached hydrogen (secondary N) is 1. The Morgan fingerprint density at radius 3 is 2.79 bits per heavy atom. The van der Waals surface area contributed by atoms with Crippen LogP contribution in [0.2, 0.25) is 0 Å². The molecule has 6 aliphatic carbocycles. The molecule has 9 rings (SSSR count). The predicted molar refractivity (Wildman–Crippen MR) is 166 cm³/mol. The van der Waals surface area contributed by atoms with Crippen LogP contribution in [-0.4, -0.2) is 54.0 Å². The molecule has 2 heterocycles. The maximum atomic E-state index is 12.7. The molecule has 11 atom stereocenters. The molecule has 2 aliphatic heterocycles. The third-order valence-corrected chi connectivity index (χ3v) is 15.1. The van der Waals surface area contributed by atoms with Crippen molar-refractivity contribution < 1.29 is 14.3 Å². The van der Waals surface area contributed by atoms with E-state index in [0.717, 1.165) is 63.1 Å². The Morgan fingerprint density at radius 2 is 1.93 bits per heavy atom. The summed E-state index contributed by atoms with van der Waals surface area (Å²) in [7, 11) is 0. The fourth-order valence-electron chi connectivity index (χ4n) is 13.4. The lowest BCUT2D eigenvalue weighted by molar-refractivity contribution is -0.211. The van der Waals surface area contributed by atoms with Gasteiger partial charge in [0.15, 0.2) is 5.78 Å². The van der Waals surface area contributed by atoms with Crippen molar-refractivity contribution in [2.75, 3.05) is 19.6 Å². The standard InChI is InChI=1S/C38H50N2O3/c1-24-18-32-34(40(22-24)17-16-39-33(42)11-8-25-6-4-3-5-7-25)31-21-37-23-36(37)20-30-28(29(36)13-15-38(31,37)43-32)10-9-26-19-27(41)12-14-35(26,30)2/h3-7,19,24,28-32,34H,8-18,20-23H2,1-2H3,(H,39,42)/t24-,28?,29-,30-,31+,32+,34-,35-,36?,37?,38+/m0/s1. The van der Waals surface area contributed by atoms with E-state index in [9.17, 15) is 9.59 Å². The van der Waals surface area contributed by atoms with Gasteiger partial charge in [-0.3, -0.25) is 14.5 Å². The molecule has 1 amide bonds. The van der Waals surface area contributed by atoms with Gasteiger partial charge in [-0.25, -0.2) is 0 Å². The molecule has 5 saturated carbocycles. The molecule has 0 bridgehead atoms. The molecule has 8 aliphatic rings. The number of piperidine rings is 1. The summed E-state index contributed by atoms with van der Waals surface area (Å²) in [5.41, 5.74) is 4.02. The van der Waals surface area contributed by atoms with Crippen molar-refractivity contribution in [1.29, 1.82) is 0 Å². The van der Waals surface area contributed by atoms with E-state index < -0.39 is 0 Å².